The summed E-state index contributed by atoms with van der Waals surface area (Å²) < 4.78 is 17.0. The molecular weight excluding hydrogens is 423 g/mol. The van der Waals surface area contributed by atoms with Crippen LogP contribution in [0, 0.1) is 5.82 Å². The van der Waals surface area contributed by atoms with Crippen LogP contribution in [-0.4, -0.2) is 35.8 Å². The number of hydrogen-bond acceptors (Lipinski definition) is 6. The summed E-state index contributed by atoms with van der Waals surface area (Å²) in [7, 11) is 1.84. The molecule has 3 aromatic heterocycles. The van der Waals surface area contributed by atoms with Crippen LogP contribution in [0.5, 0.6) is 0 Å². The number of aliphatic hydroxyl groups excluding tert-OH is 1. The van der Waals surface area contributed by atoms with Gasteiger partial charge in [0.05, 0.1) is 35.9 Å². The lowest BCUT2D eigenvalue weighted by molar-refractivity contribution is 0.247. The number of imidazole rings is 1. The van der Waals surface area contributed by atoms with Crippen LogP contribution in [0.2, 0.25) is 5.02 Å². The standard InChI is InChI=1S/C21H18ClFN6O2/c1-28-12-24-10-19(28)27-21-25-6-4-17(26-21)13-5-7-29(20(31)9-13)18(11-30)14-2-3-15(22)16(23)8-14/h2-10,12,18,30H,11H2,1H3,(H,25,26,27)/t18-/m1/s1. The first-order valence-electron chi connectivity index (χ1n) is 9.31. The molecule has 4 aromatic rings. The molecule has 3 heterocycles. The van der Waals surface area contributed by atoms with E-state index in [4.69, 9.17) is 11.6 Å². The smallest absolute Gasteiger partial charge is 0.251 e. The second kappa shape index (κ2) is 8.66. The molecule has 10 heteroatoms. The van der Waals surface area contributed by atoms with Gasteiger partial charge in [-0.15, -0.1) is 0 Å². The normalized spacial score (nSPS) is 12.0. The van der Waals surface area contributed by atoms with Crippen LogP contribution in [0.4, 0.5) is 16.2 Å². The molecule has 0 unspecified atom stereocenters. The molecule has 0 aliphatic rings. The molecule has 1 atom stereocenters. The highest BCUT2D eigenvalue weighted by molar-refractivity contribution is 6.30. The van der Waals surface area contributed by atoms with E-state index in [1.54, 1.807) is 47.7 Å². The van der Waals surface area contributed by atoms with E-state index in [1.165, 1.54) is 22.8 Å². The zero-order valence-electron chi connectivity index (χ0n) is 16.4. The van der Waals surface area contributed by atoms with E-state index in [1.807, 2.05) is 7.05 Å². The summed E-state index contributed by atoms with van der Waals surface area (Å²) in [5.41, 5.74) is 1.19. The molecule has 0 fully saturated rings. The zero-order valence-corrected chi connectivity index (χ0v) is 17.2. The summed E-state index contributed by atoms with van der Waals surface area (Å²) in [4.78, 5) is 25.5. The van der Waals surface area contributed by atoms with Crippen LogP contribution in [-0.2, 0) is 7.05 Å². The largest absolute Gasteiger partial charge is 0.394 e. The first kappa shape index (κ1) is 20.7. The molecule has 31 heavy (non-hydrogen) atoms. The van der Waals surface area contributed by atoms with E-state index in [0.29, 0.717) is 28.6 Å². The van der Waals surface area contributed by atoms with Gasteiger partial charge < -0.3 is 19.6 Å². The van der Waals surface area contributed by atoms with Gasteiger partial charge in [-0.3, -0.25) is 4.79 Å². The zero-order chi connectivity index (χ0) is 22.0. The highest BCUT2D eigenvalue weighted by atomic mass is 35.5. The molecule has 0 aliphatic carbocycles. The molecule has 4 rings (SSSR count). The molecule has 0 radical (unpaired) electrons. The highest BCUT2D eigenvalue weighted by Gasteiger charge is 2.16. The predicted molar refractivity (Wildman–Crippen MR) is 115 cm³/mol. The minimum Gasteiger partial charge on any atom is -0.394 e. The molecule has 158 valence electrons. The third-order valence-corrected chi connectivity index (χ3v) is 5.10. The Morgan fingerprint density at radius 2 is 2.10 bits per heavy atom. The molecule has 0 amide bonds. The SMILES string of the molecule is Cn1cncc1Nc1nccc(-c2ccn([C@H](CO)c3ccc(Cl)c(F)c3)c(=O)c2)n1. The van der Waals surface area contributed by atoms with Gasteiger partial charge in [-0.1, -0.05) is 17.7 Å². The topological polar surface area (TPSA) is 97.9 Å². The molecule has 0 spiro atoms. The number of halogens is 2. The maximum Gasteiger partial charge on any atom is 0.251 e. The fourth-order valence-corrected chi connectivity index (χ4v) is 3.27. The molecule has 1 aromatic carbocycles. The molecule has 0 aliphatic heterocycles. The number of aliphatic hydroxyl groups is 1. The Kier molecular flexibility index (Phi) is 5.79. The summed E-state index contributed by atoms with van der Waals surface area (Å²) in [5, 5.41) is 12.9. The van der Waals surface area contributed by atoms with Crippen molar-refractivity contribution in [3.8, 4) is 11.3 Å². The van der Waals surface area contributed by atoms with E-state index in [9.17, 15) is 14.3 Å². The number of anilines is 2. The van der Waals surface area contributed by atoms with Crippen molar-refractivity contribution in [3.63, 3.8) is 0 Å². The maximum absolute atomic E-state index is 13.8. The van der Waals surface area contributed by atoms with Gasteiger partial charge in [-0.25, -0.2) is 19.3 Å². The number of rotatable bonds is 6. The molecule has 0 saturated heterocycles. The fraction of sp³-hybridized carbons (Fsp3) is 0.143. The van der Waals surface area contributed by atoms with Gasteiger partial charge in [0, 0.05) is 31.1 Å². The number of benzene rings is 1. The van der Waals surface area contributed by atoms with Crippen molar-refractivity contribution in [3.05, 3.63) is 88.1 Å². The van der Waals surface area contributed by atoms with Crippen molar-refractivity contribution >= 4 is 23.4 Å². The van der Waals surface area contributed by atoms with E-state index >= 15 is 0 Å². The van der Waals surface area contributed by atoms with Crippen molar-refractivity contribution < 1.29 is 9.50 Å². The van der Waals surface area contributed by atoms with Crippen LogP contribution < -0.4 is 10.9 Å². The Morgan fingerprint density at radius 3 is 2.77 bits per heavy atom. The number of pyridine rings is 1. The van der Waals surface area contributed by atoms with Crippen LogP contribution in [0.3, 0.4) is 0 Å². The van der Waals surface area contributed by atoms with Gasteiger partial charge >= 0.3 is 0 Å². The van der Waals surface area contributed by atoms with Gasteiger partial charge in [0.1, 0.15) is 11.6 Å². The summed E-state index contributed by atoms with van der Waals surface area (Å²) >= 11 is 5.73. The molecule has 2 N–H and O–H groups in total. The van der Waals surface area contributed by atoms with Crippen molar-refractivity contribution in [2.24, 2.45) is 7.05 Å². The molecule has 8 nitrogen and oxygen atoms in total. The maximum atomic E-state index is 13.8. The lowest BCUT2D eigenvalue weighted by Gasteiger charge is -2.18. The van der Waals surface area contributed by atoms with Crippen molar-refractivity contribution in [1.82, 2.24) is 24.1 Å². The van der Waals surface area contributed by atoms with Gasteiger partial charge in [0.25, 0.3) is 5.56 Å². The first-order chi connectivity index (χ1) is 15.0. The Hall–Kier alpha value is -3.56. The Morgan fingerprint density at radius 1 is 1.26 bits per heavy atom. The Balaban J connectivity index is 1.64. The minimum atomic E-state index is -0.749. The summed E-state index contributed by atoms with van der Waals surface area (Å²) in [6, 6.07) is 8.23. The molecular formula is C21H18ClFN6O2. The third kappa shape index (κ3) is 4.32. The van der Waals surface area contributed by atoms with Crippen molar-refractivity contribution in [2.75, 3.05) is 11.9 Å². The van der Waals surface area contributed by atoms with Gasteiger partial charge in [0.15, 0.2) is 0 Å². The lowest BCUT2D eigenvalue weighted by atomic mass is 10.1. The number of hydrogen-bond donors (Lipinski definition) is 2. The van der Waals surface area contributed by atoms with Crippen molar-refractivity contribution in [1.29, 1.82) is 0 Å². The monoisotopic (exact) mass is 440 g/mol. The highest BCUT2D eigenvalue weighted by Crippen LogP contribution is 2.23. The summed E-state index contributed by atoms with van der Waals surface area (Å²) in [5.74, 6) is 0.459. The van der Waals surface area contributed by atoms with Crippen LogP contribution >= 0.6 is 11.6 Å². The van der Waals surface area contributed by atoms with Crippen LogP contribution in [0.15, 0.2) is 66.1 Å². The Bertz CT molecular complexity index is 1290. The van der Waals surface area contributed by atoms with E-state index in [-0.39, 0.29) is 17.2 Å². The first-order valence-corrected chi connectivity index (χ1v) is 9.69. The minimum absolute atomic E-state index is 0.0255. The summed E-state index contributed by atoms with van der Waals surface area (Å²) in [6.07, 6.45) is 6.42. The summed E-state index contributed by atoms with van der Waals surface area (Å²) in [6.45, 7) is -0.382. The predicted octanol–water partition coefficient (Wildman–Crippen LogP) is 3.16. The molecule has 0 bridgehead atoms. The van der Waals surface area contributed by atoms with E-state index < -0.39 is 11.9 Å². The third-order valence-electron chi connectivity index (χ3n) is 4.79. The van der Waals surface area contributed by atoms with Crippen molar-refractivity contribution in [2.45, 2.75) is 6.04 Å². The average Bonchev–Trinajstić information content (AvgIpc) is 3.16. The number of nitrogens with one attached hydrogen (secondary N) is 1. The Labute approximate surface area is 181 Å². The van der Waals surface area contributed by atoms with Crippen LogP contribution in [0.25, 0.3) is 11.3 Å². The van der Waals surface area contributed by atoms with Gasteiger partial charge in [-0.05, 0) is 29.8 Å². The second-order valence-electron chi connectivity index (χ2n) is 6.81. The van der Waals surface area contributed by atoms with Gasteiger partial charge in [0.2, 0.25) is 5.95 Å². The number of aryl methyl sites for hydroxylation is 1. The quantitative estimate of drug-likeness (QED) is 0.478. The second-order valence-corrected chi connectivity index (χ2v) is 7.22. The van der Waals surface area contributed by atoms with Crippen LogP contribution in [0.1, 0.15) is 11.6 Å². The van der Waals surface area contributed by atoms with E-state index in [0.717, 1.165) is 0 Å². The van der Waals surface area contributed by atoms with Gasteiger partial charge in [-0.2, -0.15) is 0 Å². The number of nitrogens with zero attached hydrogens (tertiary/aromatic N) is 5. The molecule has 0 saturated carbocycles. The lowest BCUT2D eigenvalue weighted by Crippen LogP contribution is -2.27. The average molecular weight is 441 g/mol. The number of aromatic nitrogens is 5. The van der Waals surface area contributed by atoms with E-state index in [2.05, 4.69) is 20.3 Å². The fourth-order valence-electron chi connectivity index (χ4n) is 3.15.